The van der Waals surface area contributed by atoms with Gasteiger partial charge in [-0.05, 0) is 19.0 Å². The highest BCUT2D eigenvalue weighted by Crippen LogP contribution is 2.12. The van der Waals surface area contributed by atoms with E-state index < -0.39 is 32.7 Å². The topological polar surface area (TPSA) is 109 Å². The van der Waals surface area contributed by atoms with E-state index in [9.17, 15) is 14.4 Å². The van der Waals surface area contributed by atoms with Crippen LogP contribution in [-0.2, 0) is 32.7 Å². The highest BCUT2D eigenvalue weighted by atomic mass is 28.4. The monoisotopic (exact) mass is 389 g/mol. The maximum atomic E-state index is 11.8. The van der Waals surface area contributed by atoms with Gasteiger partial charge in [-0.3, -0.25) is 0 Å². The van der Waals surface area contributed by atoms with Crippen molar-refractivity contribution in [2.24, 2.45) is 0 Å². The van der Waals surface area contributed by atoms with E-state index >= 15 is 0 Å². The van der Waals surface area contributed by atoms with Crippen molar-refractivity contribution >= 4 is 26.6 Å². The number of rotatable bonds is 13. The first kappa shape index (κ1) is 23.8. The summed E-state index contributed by atoms with van der Waals surface area (Å²) in [4.78, 5) is 34.1. The van der Waals surface area contributed by atoms with E-state index in [0.29, 0.717) is 19.0 Å². The Morgan fingerprint density at radius 3 is 1.96 bits per heavy atom. The second-order valence-corrected chi connectivity index (χ2v) is 8.85. The fourth-order valence-corrected chi connectivity index (χ4v) is 3.06. The van der Waals surface area contributed by atoms with E-state index in [-0.39, 0.29) is 13.2 Å². The number of hydrogen-bond donors (Lipinski definition) is 1. The second kappa shape index (κ2) is 13.1. The minimum atomic E-state index is -2.19. The summed E-state index contributed by atoms with van der Waals surface area (Å²) in [6.45, 7) is 8.23. The van der Waals surface area contributed by atoms with Crippen molar-refractivity contribution in [1.82, 2.24) is 5.32 Å². The van der Waals surface area contributed by atoms with Crippen LogP contribution in [0.3, 0.4) is 0 Å². The predicted molar refractivity (Wildman–Crippen MR) is 95.6 cm³/mol. The molecule has 0 aliphatic carbocycles. The van der Waals surface area contributed by atoms with Gasteiger partial charge in [0.15, 0.2) is 6.10 Å². The Balaban J connectivity index is 4.37. The minimum absolute atomic E-state index is 0.277. The Hall–Kier alpha value is -2.17. The van der Waals surface area contributed by atoms with Crippen LogP contribution in [0.4, 0.5) is 4.79 Å². The molecule has 0 atom stereocenters. The summed E-state index contributed by atoms with van der Waals surface area (Å²) in [5, 5.41) is 2.57. The minimum Gasteiger partial charge on any atom is -0.458 e. The molecule has 0 fully saturated rings. The lowest BCUT2D eigenvalue weighted by Gasteiger charge is -2.22. The molecule has 26 heavy (non-hydrogen) atoms. The van der Waals surface area contributed by atoms with Crippen molar-refractivity contribution in [2.45, 2.75) is 25.1 Å². The van der Waals surface area contributed by atoms with Gasteiger partial charge >= 0.3 is 26.6 Å². The van der Waals surface area contributed by atoms with Gasteiger partial charge in [-0.15, -0.1) is 0 Å². The molecule has 1 N–H and O–H groups in total. The van der Waals surface area contributed by atoms with Crippen molar-refractivity contribution in [3.8, 4) is 0 Å². The summed E-state index contributed by atoms with van der Waals surface area (Å²) >= 11 is 0. The van der Waals surface area contributed by atoms with Gasteiger partial charge in [-0.25, -0.2) is 14.4 Å². The SMILES string of the molecule is C=CC(=O)OCC(COC(=O)C=C)OC(=O)NCCC[Si](C)(OC)OC. The molecule has 0 saturated carbocycles. The van der Waals surface area contributed by atoms with Gasteiger partial charge < -0.3 is 28.4 Å². The Morgan fingerprint density at radius 2 is 1.54 bits per heavy atom. The standard InChI is InChI=1S/C16H27NO8Si/c1-6-14(18)23-11-13(12-24-15(19)7-2)25-16(20)17-9-8-10-26(5,21-3)22-4/h6-7,13H,1-2,8-12H2,3-5H3,(H,17,20). The summed E-state index contributed by atoms with van der Waals surface area (Å²) in [6.07, 6.45) is 0.901. The normalized spacial score (nSPS) is 10.8. The lowest BCUT2D eigenvalue weighted by Crippen LogP contribution is -2.38. The van der Waals surface area contributed by atoms with E-state index in [2.05, 4.69) is 18.5 Å². The van der Waals surface area contributed by atoms with Crippen LogP contribution in [0.15, 0.2) is 25.3 Å². The van der Waals surface area contributed by atoms with E-state index in [1.807, 2.05) is 6.55 Å². The Kier molecular flexibility index (Phi) is 12.0. The first-order chi connectivity index (χ1) is 12.3. The molecule has 0 unspecified atom stereocenters. The van der Waals surface area contributed by atoms with Gasteiger partial charge in [0.2, 0.25) is 0 Å². The van der Waals surface area contributed by atoms with E-state index in [4.69, 9.17) is 23.1 Å². The number of esters is 2. The van der Waals surface area contributed by atoms with E-state index in [0.717, 1.165) is 12.2 Å². The van der Waals surface area contributed by atoms with Crippen molar-refractivity contribution in [3.63, 3.8) is 0 Å². The van der Waals surface area contributed by atoms with Gasteiger partial charge in [0, 0.05) is 32.9 Å². The number of alkyl carbamates (subject to hydrolysis) is 1. The van der Waals surface area contributed by atoms with Gasteiger partial charge in [-0.2, -0.15) is 0 Å². The molecule has 148 valence electrons. The molecule has 0 aliphatic rings. The molecule has 0 bridgehead atoms. The molecular weight excluding hydrogens is 362 g/mol. The van der Waals surface area contributed by atoms with Gasteiger partial charge in [0.1, 0.15) is 13.2 Å². The average molecular weight is 389 g/mol. The number of amides is 1. The number of ether oxygens (including phenoxy) is 3. The maximum Gasteiger partial charge on any atom is 0.407 e. The lowest BCUT2D eigenvalue weighted by molar-refractivity contribution is -0.146. The summed E-state index contributed by atoms with van der Waals surface area (Å²) in [7, 11) is 1.00. The zero-order valence-electron chi connectivity index (χ0n) is 15.4. The highest BCUT2D eigenvalue weighted by molar-refractivity contribution is 6.65. The van der Waals surface area contributed by atoms with Crippen LogP contribution in [-0.4, -0.2) is 66.7 Å². The third-order valence-electron chi connectivity index (χ3n) is 3.37. The lowest BCUT2D eigenvalue weighted by atomic mass is 10.4. The molecule has 1 amide bonds. The molecule has 0 aromatic carbocycles. The number of hydrogen-bond acceptors (Lipinski definition) is 8. The molecule has 0 saturated heterocycles. The zero-order chi connectivity index (χ0) is 20.0. The third-order valence-corrected chi connectivity index (χ3v) is 6.36. The molecule has 0 aromatic heterocycles. The van der Waals surface area contributed by atoms with Gasteiger partial charge in [0.25, 0.3) is 0 Å². The smallest absolute Gasteiger partial charge is 0.407 e. The Bertz CT molecular complexity index is 469. The van der Waals surface area contributed by atoms with Crippen molar-refractivity contribution in [2.75, 3.05) is 34.0 Å². The molecule has 10 heteroatoms. The molecule has 0 aromatic rings. The Morgan fingerprint density at radius 1 is 1.04 bits per heavy atom. The quantitative estimate of drug-likeness (QED) is 0.165. The molecule has 0 spiro atoms. The highest BCUT2D eigenvalue weighted by Gasteiger charge is 2.27. The summed E-state index contributed by atoms with van der Waals surface area (Å²) in [5.74, 6) is -1.37. The zero-order valence-corrected chi connectivity index (χ0v) is 16.4. The van der Waals surface area contributed by atoms with Crippen LogP contribution in [0.1, 0.15) is 6.42 Å². The van der Waals surface area contributed by atoms with Crippen molar-refractivity contribution in [1.29, 1.82) is 0 Å². The first-order valence-electron chi connectivity index (χ1n) is 7.93. The summed E-state index contributed by atoms with van der Waals surface area (Å²) in [5.41, 5.74) is 0. The van der Waals surface area contributed by atoms with E-state index in [1.54, 1.807) is 14.2 Å². The third kappa shape index (κ3) is 10.6. The maximum absolute atomic E-state index is 11.8. The number of carbonyl (C=O) groups is 3. The summed E-state index contributed by atoms with van der Waals surface area (Å²) < 4.78 is 25.4. The molecule has 0 rings (SSSR count). The fraction of sp³-hybridized carbons (Fsp3) is 0.562. The number of nitrogens with one attached hydrogen (secondary N) is 1. The van der Waals surface area contributed by atoms with Crippen LogP contribution in [0.5, 0.6) is 0 Å². The van der Waals surface area contributed by atoms with Crippen molar-refractivity contribution < 1.29 is 37.4 Å². The predicted octanol–water partition coefficient (Wildman–Crippen LogP) is 1.29. The molecule has 0 heterocycles. The Labute approximate surface area is 154 Å². The largest absolute Gasteiger partial charge is 0.458 e. The summed E-state index contributed by atoms with van der Waals surface area (Å²) in [6, 6.07) is 0.692. The average Bonchev–Trinajstić information content (AvgIpc) is 2.66. The molecule has 0 aliphatic heterocycles. The van der Waals surface area contributed by atoms with Crippen LogP contribution in [0, 0.1) is 0 Å². The van der Waals surface area contributed by atoms with Crippen molar-refractivity contribution in [3.05, 3.63) is 25.3 Å². The first-order valence-corrected chi connectivity index (χ1v) is 10.5. The van der Waals surface area contributed by atoms with Crippen LogP contribution >= 0.6 is 0 Å². The van der Waals surface area contributed by atoms with Crippen LogP contribution in [0.25, 0.3) is 0 Å². The number of carbonyl (C=O) groups excluding carboxylic acids is 3. The molecular formula is C16H27NO8Si. The fourth-order valence-electron chi connectivity index (χ4n) is 1.66. The second-order valence-electron chi connectivity index (χ2n) is 5.27. The van der Waals surface area contributed by atoms with E-state index in [1.165, 1.54) is 0 Å². The van der Waals surface area contributed by atoms with Gasteiger partial charge in [-0.1, -0.05) is 13.2 Å². The molecule has 9 nitrogen and oxygen atoms in total. The van der Waals surface area contributed by atoms with Gasteiger partial charge in [0.05, 0.1) is 0 Å². The molecule has 0 radical (unpaired) electrons. The van der Waals surface area contributed by atoms with Crippen LogP contribution < -0.4 is 5.32 Å². The van der Waals surface area contributed by atoms with Crippen LogP contribution in [0.2, 0.25) is 12.6 Å².